The van der Waals surface area contributed by atoms with Crippen molar-refractivity contribution in [2.24, 2.45) is 5.92 Å². The van der Waals surface area contributed by atoms with Crippen molar-refractivity contribution in [3.05, 3.63) is 0 Å². The number of amides is 3. The first-order valence-corrected chi connectivity index (χ1v) is 6.48. The summed E-state index contributed by atoms with van der Waals surface area (Å²) in [6.45, 7) is 4.69. The first-order valence-electron chi connectivity index (χ1n) is 6.48. The van der Waals surface area contributed by atoms with Crippen molar-refractivity contribution in [1.29, 1.82) is 0 Å². The quantitative estimate of drug-likeness (QED) is 0.614. The number of carboxylic acids is 1. The minimum absolute atomic E-state index is 0.152. The number of aliphatic carboxylic acids is 1. The lowest BCUT2D eigenvalue weighted by atomic mass is 10.1. The Bertz CT molecular complexity index is 359. The Kier molecular flexibility index (Phi) is 5.59. The zero-order valence-electron chi connectivity index (χ0n) is 11.3. The standard InChI is InChI=1S/C12H21N3O4/c1-8(11(17)18)4-3-5-14-12(19)15-7-6-13-10(16)9(15)2/h8-9H,3-7H2,1-2H3,(H,13,16)(H,14,19)(H,17,18). The molecule has 0 bridgehead atoms. The largest absolute Gasteiger partial charge is 0.481 e. The summed E-state index contributed by atoms with van der Waals surface area (Å²) in [5, 5.41) is 14.1. The van der Waals surface area contributed by atoms with E-state index < -0.39 is 17.9 Å². The minimum atomic E-state index is -0.826. The normalized spacial score (nSPS) is 20.6. The third kappa shape index (κ3) is 4.42. The average Bonchev–Trinajstić information content (AvgIpc) is 2.37. The lowest BCUT2D eigenvalue weighted by Gasteiger charge is -2.32. The van der Waals surface area contributed by atoms with Gasteiger partial charge in [0.1, 0.15) is 6.04 Å². The maximum absolute atomic E-state index is 11.9. The van der Waals surface area contributed by atoms with Gasteiger partial charge in [0, 0.05) is 19.6 Å². The van der Waals surface area contributed by atoms with E-state index in [9.17, 15) is 14.4 Å². The van der Waals surface area contributed by atoms with Crippen LogP contribution < -0.4 is 10.6 Å². The van der Waals surface area contributed by atoms with Crippen LogP contribution >= 0.6 is 0 Å². The molecule has 2 atom stereocenters. The molecule has 7 heteroatoms. The van der Waals surface area contributed by atoms with Gasteiger partial charge in [-0.05, 0) is 19.8 Å². The van der Waals surface area contributed by atoms with E-state index in [-0.39, 0.29) is 11.9 Å². The highest BCUT2D eigenvalue weighted by Crippen LogP contribution is 2.06. The number of hydrogen-bond donors (Lipinski definition) is 3. The van der Waals surface area contributed by atoms with Crippen LogP contribution in [0.2, 0.25) is 0 Å². The van der Waals surface area contributed by atoms with Gasteiger partial charge >= 0.3 is 12.0 Å². The van der Waals surface area contributed by atoms with E-state index in [2.05, 4.69) is 10.6 Å². The Morgan fingerprint density at radius 2 is 2.26 bits per heavy atom. The van der Waals surface area contributed by atoms with Crippen LogP contribution in [0.4, 0.5) is 4.79 Å². The summed E-state index contributed by atoms with van der Waals surface area (Å²) in [6, 6.07) is -0.739. The summed E-state index contributed by atoms with van der Waals surface area (Å²) in [5.74, 6) is -1.38. The summed E-state index contributed by atoms with van der Waals surface area (Å²) in [5.41, 5.74) is 0. The number of carbonyl (C=O) groups is 3. The maximum Gasteiger partial charge on any atom is 0.318 e. The summed E-state index contributed by atoms with van der Waals surface area (Å²) in [6.07, 6.45) is 1.12. The Hall–Kier alpha value is -1.79. The van der Waals surface area contributed by atoms with Gasteiger partial charge in [-0.25, -0.2) is 4.79 Å². The van der Waals surface area contributed by atoms with E-state index in [0.717, 1.165) is 0 Å². The molecular weight excluding hydrogens is 250 g/mol. The molecule has 0 aromatic carbocycles. The summed E-state index contributed by atoms with van der Waals surface area (Å²) < 4.78 is 0. The molecule has 1 saturated heterocycles. The number of urea groups is 1. The average molecular weight is 271 g/mol. The van der Waals surface area contributed by atoms with Gasteiger partial charge in [0.15, 0.2) is 0 Å². The van der Waals surface area contributed by atoms with Gasteiger partial charge in [0.05, 0.1) is 5.92 Å². The fourth-order valence-electron chi connectivity index (χ4n) is 1.89. The van der Waals surface area contributed by atoms with Crippen molar-refractivity contribution in [2.75, 3.05) is 19.6 Å². The van der Waals surface area contributed by atoms with Crippen molar-refractivity contribution in [1.82, 2.24) is 15.5 Å². The highest BCUT2D eigenvalue weighted by molar-refractivity contribution is 5.87. The van der Waals surface area contributed by atoms with Crippen LogP contribution in [0.15, 0.2) is 0 Å². The molecule has 0 saturated carbocycles. The molecule has 19 heavy (non-hydrogen) atoms. The van der Waals surface area contributed by atoms with E-state index in [4.69, 9.17) is 5.11 Å². The number of rotatable bonds is 5. The topological polar surface area (TPSA) is 98.7 Å². The van der Waals surface area contributed by atoms with Crippen LogP contribution in [0, 0.1) is 5.92 Å². The van der Waals surface area contributed by atoms with Gasteiger partial charge in [0.2, 0.25) is 5.91 Å². The Balaban J connectivity index is 2.27. The van der Waals surface area contributed by atoms with Crippen molar-refractivity contribution in [3.63, 3.8) is 0 Å². The summed E-state index contributed by atoms with van der Waals surface area (Å²) in [7, 11) is 0. The molecule has 7 nitrogen and oxygen atoms in total. The monoisotopic (exact) mass is 271 g/mol. The molecule has 1 rings (SSSR count). The zero-order chi connectivity index (χ0) is 14.4. The first-order chi connectivity index (χ1) is 8.93. The third-order valence-corrected chi connectivity index (χ3v) is 3.27. The van der Waals surface area contributed by atoms with Crippen LogP contribution in [0.25, 0.3) is 0 Å². The second-order valence-electron chi connectivity index (χ2n) is 4.77. The van der Waals surface area contributed by atoms with Gasteiger partial charge in [-0.1, -0.05) is 6.92 Å². The smallest absolute Gasteiger partial charge is 0.318 e. The van der Waals surface area contributed by atoms with Crippen LogP contribution in [-0.4, -0.2) is 53.6 Å². The third-order valence-electron chi connectivity index (χ3n) is 3.27. The fraction of sp³-hybridized carbons (Fsp3) is 0.750. The predicted octanol–water partition coefficient (Wildman–Crippen LogP) is 0.0172. The van der Waals surface area contributed by atoms with Gasteiger partial charge in [-0.2, -0.15) is 0 Å². The van der Waals surface area contributed by atoms with Gasteiger partial charge < -0.3 is 20.6 Å². The number of piperazine rings is 1. The molecule has 3 N–H and O–H groups in total. The Labute approximate surface area is 112 Å². The fourth-order valence-corrected chi connectivity index (χ4v) is 1.89. The molecule has 1 fully saturated rings. The molecule has 108 valence electrons. The zero-order valence-corrected chi connectivity index (χ0v) is 11.3. The predicted molar refractivity (Wildman–Crippen MR) is 68.6 cm³/mol. The van der Waals surface area contributed by atoms with Gasteiger partial charge in [-0.15, -0.1) is 0 Å². The second-order valence-corrected chi connectivity index (χ2v) is 4.77. The van der Waals surface area contributed by atoms with Gasteiger partial charge in [-0.3, -0.25) is 9.59 Å². The highest BCUT2D eigenvalue weighted by Gasteiger charge is 2.28. The van der Waals surface area contributed by atoms with Crippen molar-refractivity contribution < 1.29 is 19.5 Å². The molecule has 0 radical (unpaired) electrons. The van der Waals surface area contributed by atoms with Crippen molar-refractivity contribution in [3.8, 4) is 0 Å². The van der Waals surface area contributed by atoms with Crippen molar-refractivity contribution in [2.45, 2.75) is 32.7 Å². The number of carboxylic acid groups (broad SMARTS) is 1. The molecular formula is C12H21N3O4. The van der Waals surface area contributed by atoms with Crippen LogP contribution in [-0.2, 0) is 9.59 Å². The van der Waals surface area contributed by atoms with Crippen molar-refractivity contribution >= 4 is 17.9 Å². The van der Waals surface area contributed by atoms with E-state index >= 15 is 0 Å². The molecule has 0 aromatic heterocycles. The minimum Gasteiger partial charge on any atom is -0.481 e. The number of nitrogens with zero attached hydrogens (tertiary/aromatic N) is 1. The van der Waals surface area contributed by atoms with Gasteiger partial charge in [0.25, 0.3) is 0 Å². The molecule has 1 aliphatic rings. The van der Waals surface area contributed by atoms with Crippen LogP contribution in [0.5, 0.6) is 0 Å². The Morgan fingerprint density at radius 3 is 2.89 bits per heavy atom. The molecule has 0 aliphatic carbocycles. The lowest BCUT2D eigenvalue weighted by molar-refractivity contribution is -0.141. The van der Waals surface area contributed by atoms with Crippen LogP contribution in [0.1, 0.15) is 26.7 Å². The first kappa shape index (κ1) is 15.3. The second kappa shape index (κ2) is 6.96. The molecule has 1 heterocycles. The van der Waals surface area contributed by atoms with E-state index in [1.807, 2.05) is 0 Å². The molecule has 1 aliphatic heterocycles. The molecule has 0 spiro atoms. The summed E-state index contributed by atoms with van der Waals surface area (Å²) >= 11 is 0. The number of carbonyl (C=O) groups excluding carboxylic acids is 2. The SMILES string of the molecule is CC(CCCNC(=O)N1CCNC(=O)C1C)C(=O)O. The lowest BCUT2D eigenvalue weighted by Crippen LogP contribution is -2.58. The Morgan fingerprint density at radius 1 is 1.58 bits per heavy atom. The number of hydrogen-bond acceptors (Lipinski definition) is 3. The molecule has 2 unspecified atom stereocenters. The maximum atomic E-state index is 11.9. The summed E-state index contributed by atoms with van der Waals surface area (Å²) in [4.78, 5) is 35.4. The molecule has 3 amide bonds. The van der Waals surface area contributed by atoms with E-state index in [0.29, 0.717) is 32.5 Å². The highest BCUT2D eigenvalue weighted by atomic mass is 16.4. The van der Waals surface area contributed by atoms with Crippen LogP contribution in [0.3, 0.4) is 0 Å². The molecule has 0 aromatic rings. The number of nitrogens with one attached hydrogen (secondary N) is 2. The van der Waals surface area contributed by atoms with E-state index in [1.54, 1.807) is 13.8 Å². The van der Waals surface area contributed by atoms with E-state index in [1.165, 1.54) is 4.90 Å².